The van der Waals surface area contributed by atoms with Gasteiger partial charge in [-0.3, -0.25) is 4.79 Å². The molecule has 0 saturated heterocycles. The number of aryl methyl sites for hydroxylation is 1. The third kappa shape index (κ3) is 3.60. The van der Waals surface area contributed by atoms with Crippen LogP contribution in [-0.2, 0) is 11.8 Å². The van der Waals surface area contributed by atoms with E-state index in [1.807, 2.05) is 0 Å². The molecule has 0 spiro atoms. The highest BCUT2D eigenvalue weighted by atomic mass is 35.5. The molecule has 3 aromatic rings. The van der Waals surface area contributed by atoms with Crippen LogP contribution in [0.25, 0.3) is 10.2 Å². The van der Waals surface area contributed by atoms with E-state index in [2.05, 4.69) is 4.99 Å². The average Bonchev–Trinajstić information content (AvgIpc) is 2.82. The summed E-state index contributed by atoms with van der Waals surface area (Å²) in [4.78, 5) is 16.5. The van der Waals surface area contributed by atoms with Gasteiger partial charge in [0.25, 0.3) is 5.91 Å². The largest absolute Gasteiger partial charge is 0.484 e. The van der Waals surface area contributed by atoms with Gasteiger partial charge in [0, 0.05) is 12.1 Å². The summed E-state index contributed by atoms with van der Waals surface area (Å²) >= 11 is 7.03. The van der Waals surface area contributed by atoms with Crippen LogP contribution in [0.1, 0.15) is 0 Å². The molecule has 2 aromatic carbocycles. The van der Waals surface area contributed by atoms with E-state index in [0.29, 0.717) is 15.6 Å². The van der Waals surface area contributed by atoms with Crippen molar-refractivity contribution >= 4 is 39.1 Å². The highest BCUT2D eigenvalue weighted by molar-refractivity contribution is 7.16. The van der Waals surface area contributed by atoms with Crippen LogP contribution in [-0.4, -0.2) is 17.1 Å². The predicted octanol–water partition coefficient (Wildman–Crippen LogP) is 3.54. The van der Waals surface area contributed by atoms with E-state index in [-0.39, 0.29) is 12.4 Å². The maximum Gasteiger partial charge on any atom is 0.286 e. The van der Waals surface area contributed by atoms with Crippen molar-refractivity contribution < 1.29 is 13.9 Å². The minimum Gasteiger partial charge on any atom is -0.484 e. The van der Waals surface area contributed by atoms with Gasteiger partial charge in [-0.15, -0.1) is 0 Å². The van der Waals surface area contributed by atoms with Gasteiger partial charge >= 0.3 is 0 Å². The first-order valence-corrected chi connectivity index (χ1v) is 7.93. The monoisotopic (exact) mass is 350 g/mol. The number of nitrogens with zero attached hydrogens (tertiary/aromatic N) is 2. The molecule has 0 fully saturated rings. The Morgan fingerprint density at radius 1 is 1.30 bits per heavy atom. The normalized spacial score (nSPS) is 11.9. The second kappa shape index (κ2) is 6.52. The number of halogens is 2. The molecule has 3 rings (SSSR count). The second-order valence-electron chi connectivity index (χ2n) is 4.80. The van der Waals surface area contributed by atoms with Gasteiger partial charge in [0.15, 0.2) is 11.4 Å². The SMILES string of the molecule is Cn1c(=NC(=O)COc2ccc(Cl)cc2)sc2cc(F)ccc21. The van der Waals surface area contributed by atoms with Crippen LogP contribution >= 0.6 is 22.9 Å². The van der Waals surface area contributed by atoms with E-state index in [9.17, 15) is 9.18 Å². The maximum atomic E-state index is 13.2. The molecule has 0 saturated carbocycles. The molecular formula is C16H12ClFN2O2S. The lowest BCUT2D eigenvalue weighted by Crippen LogP contribution is -2.17. The van der Waals surface area contributed by atoms with Crippen LogP contribution in [0.4, 0.5) is 4.39 Å². The van der Waals surface area contributed by atoms with Gasteiger partial charge < -0.3 is 9.30 Å². The maximum absolute atomic E-state index is 13.2. The fraction of sp³-hybridized carbons (Fsp3) is 0.125. The van der Waals surface area contributed by atoms with Crippen molar-refractivity contribution in [3.05, 3.63) is 58.1 Å². The number of amides is 1. The fourth-order valence-electron chi connectivity index (χ4n) is 2.03. The number of fused-ring (bicyclic) bond motifs is 1. The molecule has 1 aromatic heterocycles. The van der Waals surface area contributed by atoms with Crippen LogP contribution in [0.5, 0.6) is 5.75 Å². The Balaban J connectivity index is 1.79. The Morgan fingerprint density at radius 2 is 2.04 bits per heavy atom. The van der Waals surface area contributed by atoms with Crippen LogP contribution in [0, 0.1) is 5.82 Å². The van der Waals surface area contributed by atoms with E-state index in [1.54, 1.807) is 41.9 Å². The van der Waals surface area contributed by atoms with Gasteiger partial charge in [0.2, 0.25) is 0 Å². The predicted molar refractivity (Wildman–Crippen MR) is 88.3 cm³/mol. The molecule has 0 unspecified atom stereocenters. The Morgan fingerprint density at radius 3 is 2.78 bits per heavy atom. The Labute approximate surface area is 140 Å². The molecule has 4 nitrogen and oxygen atoms in total. The van der Waals surface area contributed by atoms with E-state index >= 15 is 0 Å². The number of rotatable bonds is 3. The first-order valence-electron chi connectivity index (χ1n) is 6.74. The Hall–Kier alpha value is -2.18. The van der Waals surface area contributed by atoms with Crippen molar-refractivity contribution in [2.24, 2.45) is 12.0 Å². The number of benzene rings is 2. The topological polar surface area (TPSA) is 43.6 Å². The van der Waals surface area contributed by atoms with Gasteiger partial charge in [-0.2, -0.15) is 4.99 Å². The summed E-state index contributed by atoms with van der Waals surface area (Å²) in [5.41, 5.74) is 0.821. The van der Waals surface area contributed by atoms with Crippen molar-refractivity contribution in [3.8, 4) is 5.75 Å². The summed E-state index contributed by atoms with van der Waals surface area (Å²) < 4.78 is 21.1. The Bertz CT molecular complexity index is 931. The zero-order chi connectivity index (χ0) is 16.4. The van der Waals surface area contributed by atoms with Gasteiger partial charge in [-0.1, -0.05) is 22.9 Å². The van der Waals surface area contributed by atoms with Gasteiger partial charge in [-0.25, -0.2) is 4.39 Å². The molecule has 1 amide bonds. The van der Waals surface area contributed by atoms with Crippen LogP contribution in [0.3, 0.4) is 0 Å². The summed E-state index contributed by atoms with van der Waals surface area (Å²) in [6, 6.07) is 11.2. The van der Waals surface area contributed by atoms with E-state index < -0.39 is 5.91 Å². The lowest BCUT2D eigenvalue weighted by atomic mass is 10.3. The minimum atomic E-state index is -0.414. The number of aromatic nitrogens is 1. The van der Waals surface area contributed by atoms with E-state index in [1.165, 1.54) is 23.5 Å². The molecule has 0 N–H and O–H groups in total. The summed E-state index contributed by atoms with van der Waals surface area (Å²) in [7, 11) is 1.78. The van der Waals surface area contributed by atoms with Gasteiger partial charge in [0.1, 0.15) is 11.6 Å². The number of carbonyl (C=O) groups excluding carboxylic acids is 1. The standard InChI is InChI=1S/C16H12ClFN2O2S/c1-20-13-7-4-11(18)8-14(13)23-16(20)19-15(21)9-22-12-5-2-10(17)3-6-12/h2-8H,9H2,1H3. The quantitative estimate of drug-likeness (QED) is 0.725. The van der Waals surface area contributed by atoms with Crippen molar-refractivity contribution in [1.82, 2.24) is 4.57 Å². The number of hydrogen-bond acceptors (Lipinski definition) is 3. The summed E-state index contributed by atoms with van der Waals surface area (Å²) in [5, 5.41) is 0.595. The lowest BCUT2D eigenvalue weighted by molar-refractivity contribution is -0.120. The molecule has 0 aliphatic carbocycles. The van der Waals surface area contributed by atoms with Crippen molar-refractivity contribution in [2.75, 3.05) is 6.61 Å². The van der Waals surface area contributed by atoms with Gasteiger partial charge in [0.05, 0.1) is 10.2 Å². The Kier molecular flexibility index (Phi) is 4.45. The molecule has 0 aliphatic rings. The smallest absolute Gasteiger partial charge is 0.286 e. The minimum absolute atomic E-state index is 0.176. The highest BCUT2D eigenvalue weighted by Crippen LogP contribution is 2.18. The fourth-order valence-corrected chi connectivity index (χ4v) is 3.22. The molecule has 1 heterocycles. The third-order valence-corrected chi connectivity index (χ3v) is 4.51. The third-order valence-electron chi connectivity index (χ3n) is 3.17. The molecule has 0 aliphatic heterocycles. The summed E-state index contributed by atoms with van der Waals surface area (Å²) in [5.74, 6) is -0.188. The summed E-state index contributed by atoms with van der Waals surface area (Å²) in [6.45, 7) is -0.176. The number of hydrogen-bond donors (Lipinski definition) is 0. The van der Waals surface area contributed by atoms with Crippen molar-refractivity contribution in [2.45, 2.75) is 0 Å². The molecule has 0 atom stereocenters. The van der Waals surface area contributed by atoms with Crippen LogP contribution < -0.4 is 9.54 Å². The lowest BCUT2D eigenvalue weighted by Gasteiger charge is -2.02. The molecular weight excluding hydrogens is 339 g/mol. The van der Waals surface area contributed by atoms with Gasteiger partial charge in [-0.05, 0) is 42.5 Å². The molecule has 118 valence electrons. The van der Waals surface area contributed by atoms with E-state index in [0.717, 1.165) is 10.2 Å². The molecule has 0 radical (unpaired) electrons. The molecule has 7 heteroatoms. The first-order chi connectivity index (χ1) is 11.0. The molecule has 0 bridgehead atoms. The zero-order valence-corrected chi connectivity index (χ0v) is 13.7. The first kappa shape index (κ1) is 15.7. The zero-order valence-electron chi connectivity index (χ0n) is 12.1. The highest BCUT2D eigenvalue weighted by Gasteiger charge is 2.07. The van der Waals surface area contributed by atoms with Crippen molar-refractivity contribution in [1.29, 1.82) is 0 Å². The van der Waals surface area contributed by atoms with Crippen LogP contribution in [0.15, 0.2) is 47.5 Å². The number of carbonyl (C=O) groups is 1. The number of ether oxygens (including phenoxy) is 1. The average molecular weight is 351 g/mol. The second-order valence-corrected chi connectivity index (χ2v) is 6.25. The molecule has 23 heavy (non-hydrogen) atoms. The van der Waals surface area contributed by atoms with Crippen LogP contribution in [0.2, 0.25) is 5.02 Å². The van der Waals surface area contributed by atoms with Crippen molar-refractivity contribution in [3.63, 3.8) is 0 Å². The van der Waals surface area contributed by atoms with E-state index in [4.69, 9.17) is 16.3 Å². The number of thiazole rings is 1. The summed E-state index contributed by atoms with van der Waals surface area (Å²) in [6.07, 6.45) is 0.